The summed E-state index contributed by atoms with van der Waals surface area (Å²) in [5.74, 6) is -3.40. The van der Waals surface area contributed by atoms with Crippen molar-refractivity contribution in [2.75, 3.05) is 19.8 Å². The molecule has 0 unspecified atom stereocenters. The van der Waals surface area contributed by atoms with Crippen molar-refractivity contribution >= 4 is 314 Å². The maximum Gasteiger partial charge on any atom is 0.373 e. The number of aromatic carboxylic acids is 1. The molecular weight excluding hydrogens is 2870 g/mol. The number of aliphatic hydroxyl groups is 1. The number of nitrogens with zero attached hydrogens (tertiary/aromatic N) is 3. The van der Waals surface area contributed by atoms with E-state index in [0.717, 1.165) is 64.8 Å². The lowest BCUT2D eigenvalue weighted by Gasteiger charge is -2.12. The molecule has 3 N–H and O–H groups in total. The smallest absolute Gasteiger partial charge is 0.373 e. The highest BCUT2D eigenvalue weighted by Gasteiger charge is 2.29. The van der Waals surface area contributed by atoms with Crippen LogP contribution in [0.25, 0.3) is 10.8 Å². The Morgan fingerprint density at radius 1 is 0.538 bits per heavy atom. The van der Waals surface area contributed by atoms with E-state index in [2.05, 4.69) is 289 Å². The molecule has 50 heteroatoms. The minimum atomic E-state index is -2.20. The van der Waals surface area contributed by atoms with Crippen LogP contribution in [0.5, 0.6) is 0 Å². The minimum absolute atomic E-state index is 0. The first-order valence-electron chi connectivity index (χ1n) is 39.7. The van der Waals surface area contributed by atoms with E-state index in [1.165, 1.54) is 73.7 Å². The van der Waals surface area contributed by atoms with Gasteiger partial charge in [0.1, 0.15) is 86.1 Å². The lowest BCUT2D eigenvalue weighted by Crippen LogP contribution is -2.18. The van der Waals surface area contributed by atoms with Crippen LogP contribution in [0.15, 0.2) is 212 Å². The fourth-order valence-corrected chi connectivity index (χ4v) is 14.2. The van der Waals surface area contributed by atoms with Crippen molar-refractivity contribution in [3.8, 4) is 0 Å². The average molecular weight is 2950 g/mol. The minimum Gasteiger partial charge on any atom is -0.478 e. The largest absolute Gasteiger partial charge is 0.478 e. The lowest BCUT2D eigenvalue weighted by atomic mass is 9.95. The highest BCUT2D eigenvalue weighted by atomic mass is 80.0. The van der Waals surface area contributed by atoms with Crippen LogP contribution in [-0.4, -0.2) is 113 Å². The quantitative estimate of drug-likeness (QED) is 0.00404. The van der Waals surface area contributed by atoms with E-state index in [4.69, 9.17) is 46.2 Å². The van der Waals surface area contributed by atoms with Gasteiger partial charge in [-0.05, 0) is 386 Å². The number of carbonyl (C=O) groups excluding carboxylic acids is 11. The second kappa shape index (κ2) is 79.1. The number of carbonyl (C=O) groups is 8. The predicted octanol–water partition coefficient (Wildman–Crippen LogP) is 30.9. The summed E-state index contributed by atoms with van der Waals surface area (Å²) in [5, 5.41) is 32.3. The van der Waals surface area contributed by atoms with Crippen molar-refractivity contribution in [1.82, 2.24) is 4.98 Å². The monoisotopic (exact) mass is 2940 g/mol. The van der Waals surface area contributed by atoms with Gasteiger partial charge in [0.15, 0.2) is 11.1 Å². The highest BCUT2D eigenvalue weighted by molar-refractivity contribution is 9.94. The number of pyridine rings is 1. The molecule has 143 heavy (non-hydrogen) atoms. The first kappa shape index (κ1) is 140. The maximum absolute atomic E-state index is 13.2. The summed E-state index contributed by atoms with van der Waals surface area (Å²) in [6, 6.07) is 38.3. The topological polar surface area (TPSA) is 383 Å². The molecule has 12 rings (SSSR count). The Balaban J connectivity index is -0.00000150. The van der Waals surface area contributed by atoms with Crippen LogP contribution < -0.4 is 0 Å². The van der Waals surface area contributed by atoms with Crippen molar-refractivity contribution < 1.29 is 141 Å². The Bertz CT molecular complexity index is 5860. The number of alkyl halides is 1. The fourth-order valence-electron chi connectivity index (χ4n) is 10.3. The molecule has 2 aliphatic carbocycles. The molecule has 0 aliphatic heterocycles. The third-order valence-electron chi connectivity index (χ3n) is 17.0. The zero-order chi connectivity index (χ0) is 109. The average Bonchev–Trinajstić information content (AvgIpc) is 1.69. The van der Waals surface area contributed by atoms with Gasteiger partial charge in [0.2, 0.25) is 5.78 Å². The summed E-state index contributed by atoms with van der Waals surface area (Å²) >= 11 is 47.7. The summed E-state index contributed by atoms with van der Waals surface area (Å²) in [4.78, 5) is 134. The molecule has 0 spiro atoms. The molecule has 1 aromatic heterocycles. The number of esters is 1. The molecule has 1 heterocycles. The van der Waals surface area contributed by atoms with E-state index in [1.807, 2.05) is 6.07 Å². The Labute approximate surface area is 937 Å². The Kier molecular flexibility index (Phi) is 77.5. The zero-order valence-corrected chi connectivity index (χ0v) is 98.3. The number of rotatable bonds is 24. The molecule has 25 nitrogen and oxygen atoms in total. The summed E-state index contributed by atoms with van der Waals surface area (Å²) in [5.41, 5.74) is 6.29. The van der Waals surface area contributed by atoms with Gasteiger partial charge in [0.25, 0.3) is 29.0 Å². The number of oxime groups is 1. The third-order valence-corrected chi connectivity index (χ3v) is 24.0. The van der Waals surface area contributed by atoms with Gasteiger partial charge in [-0.15, -0.1) is 16.5 Å². The number of hydrogen-bond donors (Lipinski definition) is 3. The number of halogens is 24. The lowest BCUT2D eigenvalue weighted by molar-refractivity contribution is -0.193. The van der Waals surface area contributed by atoms with Crippen molar-refractivity contribution in [3.05, 3.63) is 314 Å². The molecule has 0 atom stereocenters. The molecule has 9 aromatic carbocycles. The van der Waals surface area contributed by atoms with E-state index < -0.39 is 38.9 Å². The zero-order valence-electron chi connectivity index (χ0n) is 74.5. The molecule has 0 bridgehead atoms. The molecule has 0 amide bonds. The first-order chi connectivity index (χ1) is 66.8. The number of benzene rings is 9. The van der Waals surface area contributed by atoms with Gasteiger partial charge < -0.3 is 39.2 Å². The van der Waals surface area contributed by atoms with Crippen molar-refractivity contribution in [1.29, 1.82) is 0 Å². The summed E-state index contributed by atoms with van der Waals surface area (Å²) in [7, 11) is 0. The molecule has 0 saturated carbocycles. The Hall–Kier alpha value is -7.05. The number of carboxylic acids is 1. The molecule has 0 saturated heterocycles. The van der Waals surface area contributed by atoms with Gasteiger partial charge in [-0.1, -0.05) is 83.5 Å². The number of aryl methyl sites for hydroxylation is 1. The van der Waals surface area contributed by atoms with Gasteiger partial charge in [-0.25, -0.2) is 49.3 Å². The van der Waals surface area contributed by atoms with E-state index >= 15 is 0 Å². The number of aliphatic hydroxyl groups excluding tert-OH is 1. The molecule has 0 fully saturated rings. The van der Waals surface area contributed by atoms with Crippen LogP contribution in [0, 0.1) is 69.1 Å². The van der Waals surface area contributed by atoms with E-state index in [0.29, 0.717) is 125 Å². The second-order valence-electron chi connectivity index (χ2n) is 27.6. The van der Waals surface area contributed by atoms with Crippen molar-refractivity contribution in [3.63, 3.8) is 0 Å². The number of hydrogen-bond acceptors (Lipinski definition) is 24. The van der Waals surface area contributed by atoms with Crippen molar-refractivity contribution in [2.24, 2.45) is 22.3 Å². The van der Waals surface area contributed by atoms with Gasteiger partial charge in [-0.3, -0.25) is 38.1 Å². The predicted molar refractivity (Wildman–Crippen MR) is 569 cm³/mol. The second-order valence-corrected chi connectivity index (χ2v) is 55.4. The number of aromatic nitrogens is 1. The van der Waals surface area contributed by atoms with Gasteiger partial charge in [0.05, 0.1) is 65.6 Å². The van der Waals surface area contributed by atoms with Crippen molar-refractivity contribution in [2.45, 2.75) is 132 Å². The number of Topliss-reactive ketones (excluding diaryl/α,β-unsaturated/α-hetero) is 3. The number of carboxylic acid groups (broad SMARTS) is 1. The van der Waals surface area contributed by atoms with Gasteiger partial charge in [0, 0.05) is 94.5 Å². The van der Waals surface area contributed by atoms with Crippen LogP contribution in [0.1, 0.15) is 151 Å². The van der Waals surface area contributed by atoms with Crippen LogP contribution in [0.2, 0.25) is 0 Å². The Morgan fingerprint density at radius 3 is 1.36 bits per heavy atom. The molecule has 2 aliphatic rings. The third kappa shape index (κ3) is 61.5. The highest BCUT2D eigenvalue weighted by Crippen LogP contribution is 2.68. The molecular formula is C93H86Br14ClF9N3O22P. The fraction of sp³-hybridized carbons (Fsp3) is 0.269. The maximum atomic E-state index is 13.2. The van der Waals surface area contributed by atoms with Gasteiger partial charge in [-0.2, -0.15) is 19.2 Å². The van der Waals surface area contributed by atoms with E-state index in [1.54, 1.807) is 79.7 Å². The van der Waals surface area contributed by atoms with Crippen LogP contribution in [0.4, 0.5) is 39.5 Å². The Morgan fingerprint density at radius 2 is 0.944 bits per heavy atom. The number of ether oxygens (including phenoxy) is 4. The number of fused-ring (bicyclic) bond motifs is 3. The van der Waals surface area contributed by atoms with Gasteiger partial charge >= 0.3 is 24.2 Å². The van der Waals surface area contributed by atoms with Crippen LogP contribution in [-0.2, 0) is 116 Å². The van der Waals surface area contributed by atoms with E-state index in [-0.39, 0.29) is 138 Å². The molecule has 10 aromatic rings. The first-order valence-corrected chi connectivity index (χ1v) is 56.8. The SMILES string of the molecule is C.CC(C)CCON=O.CCC(CC)Cc1ccc(Br)c(F)c1.CCOC(=O)CC(C)=O.Fc1cc(CCl)ccc1Br.Fc1cc2cc(Br)nc(Br)c2cc1Br.O=C(O)c1ccc(Br)c(F)c1.O=C1/C(=N/O)Cc2cc(F)c(Br)cc21.O=C1CCc2cc(F)c(Br)cc21.O=C=O.O=C=O.O=COC(Cc1ccc(Br)c(F)c1)OC=O.O=COCCc1ccc(Br)c(F)c1.O=P(Br)(Br)Br.OCc1ccc(Br)c(F)c1. The van der Waals surface area contributed by atoms with Crippen LogP contribution >= 0.6 is 237 Å². The molecule has 0 radical (unpaired) electrons. The summed E-state index contributed by atoms with van der Waals surface area (Å²) in [6.45, 7) is 13.2. The van der Waals surface area contributed by atoms with Crippen LogP contribution in [0.3, 0.4) is 0 Å². The normalized spacial score (nSPS) is 10.8. The number of ketones is 3. The van der Waals surface area contributed by atoms with E-state index in [9.17, 15) is 87.3 Å². The molecule has 778 valence electrons. The standard InChI is InChI=1S/C12H16BrF.C10H8BrFO4.C9H3Br3FN.C9H5BrFNO2.C9H8BrFO2.C9H6BrFO.C7H5BrClF.C7H4BrFO2.C7H6BrFO.C6H10O3.C5H11NO2.2CO2.CH4.Br3OP/c1-3-9(4-2)7-10-5-6-11(13)12(14)8-10;11-8-2-1-7(3-9(8)12)4-10(15-5-13)16-6-14;10-6-3-5-4(1-7(6)13)2-8(11)14-9(5)12;10-6-3-5-4(1-7(6)11)2-8(12-14)9(5)13;10-8-2-1-7(5-9(8)11)3-4-13-6-12;10-7-4-6-5(3-8(7)11)1-2-9(6)12;8-6-2-1-5(4-9)3-7(6)10;8-5-2-1-4(7(10)11)3-6(5)9;8-6-2-1-5(4-10)3-7(6)9;1-3-9-6(8)4-5(2)7;1-5(2)3-4-8-6-7;2*2-1-3;;1-5(2,3)4/h5-6,8-9H,3-4,7H2,1-2H3;1-3,5-6,10H,4H2;1-3H;1,3,14H,2H2;1-2,5-6H,3-4H2;3-4H,1-2H2;1-3H,4H2;1-3H,(H,10,11);1-3,10H,4H2;3-4H2,1-2H3;5H,3-4H2,1-2H3;;;1H4;/b;;;12-8+;;;;;;;;;;;. The summed E-state index contributed by atoms with van der Waals surface area (Å²) < 4.78 is 147. The summed E-state index contributed by atoms with van der Waals surface area (Å²) in [6.07, 6.45) is 5.58.